The number of sulfonamides is 1. The zero-order valence-electron chi connectivity index (χ0n) is 11.3. The van der Waals surface area contributed by atoms with Gasteiger partial charge in [0.15, 0.2) is 0 Å². The molecule has 0 radical (unpaired) electrons. The second kappa shape index (κ2) is 7.18. The summed E-state index contributed by atoms with van der Waals surface area (Å²) in [5.74, 6) is -0.144. The molecule has 1 unspecified atom stereocenters. The highest BCUT2D eigenvalue weighted by Gasteiger charge is 2.11. The fourth-order valence-electron chi connectivity index (χ4n) is 1.61. The second-order valence-electron chi connectivity index (χ2n) is 4.32. The smallest absolute Gasteiger partial charge is 0.238 e. The summed E-state index contributed by atoms with van der Waals surface area (Å²) < 4.78 is 22.3. The van der Waals surface area contributed by atoms with Gasteiger partial charge in [0.05, 0.1) is 17.5 Å². The van der Waals surface area contributed by atoms with Crippen LogP contribution in [0.4, 0.5) is 0 Å². The Morgan fingerprint density at radius 3 is 2.50 bits per heavy atom. The molecule has 7 heteroatoms. The number of nitrogens with one attached hydrogen (secondary N) is 2. The average molecular weight is 297 g/mol. The molecule has 6 nitrogen and oxygen atoms in total. The molecule has 0 bridgehead atoms. The van der Waals surface area contributed by atoms with Crippen LogP contribution in [0, 0.1) is 0 Å². The average Bonchev–Trinajstić information content (AvgIpc) is 2.38. The van der Waals surface area contributed by atoms with E-state index in [9.17, 15) is 13.2 Å². The van der Waals surface area contributed by atoms with Crippen LogP contribution in [0.2, 0.25) is 0 Å². The second-order valence-corrected chi connectivity index (χ2v) is 5.88. The summed E-state index contributed by atoms with van der Waals surface area (Å²) in [5.41, 5.74) is 0.800. The van der Waals surface area contributed by atoms with Gasteiger partial charge in [-0.25, -0.2) is 13.6 Å². The lowest BCUT2D eigenvalue weighted by Crippen LogP contribution is -2.35. The van der Waals surface area contributed by atoms with Crippen molar-refractivity contribution in [2.45, 2.75) is 17.9 Å². The zero-order valence-corrected chi connectivity index (χ0v) is 12.1. The lowest BCUT2D eigenvalue weighted by atomic mass is 10.1. The maximum Gasteiger partial charge on any atom is 0.238 e. The predicted octanol–water partition coefficient (Wildman–Crippen LogP) is 0.287. The summed E-state index contributed by atoms with van der Waals surface area (Å²) in [4.78, 5) is 11.7. The van der Waals surface area contributed by atoms with E-state index in [0.29, 0.717) is 6.54 Å². The molecule has 1 aromatic carbocycles. The van der Waals surface area contributed by atoms with Gasteiger partial charge in [0.25, 0.3) is 0 Å². The molecule has 0 aliphatic rings. The zero-order chi connectivity index (χ0) is 15.2. The molecule has 0 aliphatic carbocycles. The van der Waals surface area contributed by atoms with Gasteiger partial charge in [-0.3, -0.25) is 4.79 Å². The van der Waals surface area contributed by atoms with E-state index in [1.165, 1.54) is 12.1 Å². The lowest BCUT2D eigenvalue weighted by Gasteiger charge is -2.14. The lowest BCUT2D eigenvalue weighted by molar-refractivity contribution is -0.120. The van der Waals surface area contributed by atoms with E-state index in [4.69, 9.17) is 5.14 Å². The van der Waals surface area contributed by atoms with Crippen molar-refractivity contribution < 1.29 is 13.2 Å². The van der Waals surface area contributed by atoms with Gasteiger partial charge in [-0.05, 0) is 24.6 Å². The van der Waals surface area contributed by atoms with Crippen molar-refractivity contribution >= 4 is 15.9 Å². The first-order valence-corrected chi connectivity index (χ1v) is 7.63. The van der Waals surface area contributed by atoms with E-state index in [2.05, 4.69) is 17.2 Å². The van der Waals surface area contributed by atoms with Crippen LogP contribution in [-0.2, 0) is 14.8 Å². The molecule has 0 fully saturated rings. The molecule has 0 saturated heterocycles. The Kier molecular flexibility index (Phi) is 5.87. The first-order chi connectivity index (χ1) is 9.34. The van der Waals surface area contributed by atoms with E-state index in [1.807, 2.05) is 6.92 Å². The van der Waals surface area contributed by atoms with Gasteiger partial charge in [0.2, 0.25) is 15.9 Å². The number of rotatable bonds is 7. The predicted molar refractivity (Wildman–Crippen MR) is 77.4 cm³/mol. The largest absolute Gasteiger partial charge is 0.348 e. The molecule has 20 heavy (non-hydrogen) atoms. The normalized spacial score (nSPS) is 12.7. The SMILES string of the molecule is C=CCNCC(=O)NC(C)c1ccc(S(N)(=O)=O)cc1. The van der Waals surface area contributed by atoms with E-state index < -0.39 is 10.0 Å². The summed E-state index contributed by atoms with van der Waals surface area (Å²) >= 11 is 0. The third kappa shape index (κ3) is 5.12. The van der Waals surface area contributed by atoms with E-state index in [1.54, 1.807) is 18.2 Å². The summed E-state index contributed by atoms with van der Waals surface area (Å²) in [6.07, 6.45) is 1.67. The maximum absolute atomic E-state index is 11.6. The molecule has 0 saturated carbocycles. The molecular formula is C13H19N3O3S. The molecule has 0 spiro atoms. The van der Waals surface area contributed by atoms with Crippen LogP contribution in [0.1, 0.15) is 18.5 Å². The number of nitrogens with two attached hydrogens (primary N) is 1. The van der Waals surface area contributed by atoms with Crippen molar-refractivity contribution in [1.82, 2.24) is 10.6 Å². The fourth-order valence-corrected chi connectivity index (χ4v) is 2.13. The number of hydrogen-bond acceptors (Lipinski definition) is 4. The molecule has 1 amide bonds. The number of carbonyl (C=O) groups is 1. The Bertz CT molecular complexity index is 567. The molecule has 0 aliphatic heterocycles. The molecule has 0 heterocycles. The van der Waals surface area contributed by atoms with Gasteiger partial charge in [-0.15, -0.1) is 6.58 Å². The first kappa shape index (κ1) is 16.4. The standard InChI is InChI=1S/C13H19N3O3S/c1-3-8-15-9-13(17)16-10(2)11-4-6-12(7-5-11)20(14,18)19/h3-7,10,15H,1,8-9H2,2H3,(H,16,17)(H2,14,18,19). The summed E-state index contributed by atoms with van der Waals surface area (Å²) in [6, 6.07) is 5.87. The van der Waals surface area contributed by atoms with Gasteiger partial charge in [-0.2, -0.15) is 0 Å². The van der Waals surface area contributed by atoms with E-state index >= 15 is 0 Å². The third-order valence-electron chi connectivity index (χ3n) is 2.66. The number of benzene rings is 1. The summed E-state index contributed by atoms with van der Waals surface area (Å²) in [7, 11) is -3.69. The van der Waals surface area contributed by atoms with Crippen molar-refractivity contribution in [2.75, 3.05) is 13.1 Å². The molecule has 1 atom stereocenters. The Labute approximate surface area is 119 Å². The minimum atomic E-state index is -3.69. The Balaban J connectivity index is 2.62. The number of amides is 1. The molecule has 0 aromatic heterocycles. The van der Waals surface area contributed by atoms with Gasteiger partial charge < -0.3 is 10.6 Å². The molecule has 110 valence electrons. The Morgan fingerprint density at radius 2 is 2.00 bits per heavy atom. The van der Waals surface area contributed by atoms with Crippen molar-refractivity contribution in [3.05, 3.63) is 42.5 Å². The highest BCUT2D eigenvalue weighted by Crippen LogP contribution is 2.15. The minimum Gasteiger partial charge on any atom is -0.348 e. The molecule has 4 N–H and O–H groups in total. The van der Waals surface area contributed by atoms with Crippen LogP contribution in [0.5, 0.6) is 0 Å². The van der Waals surface area contributed by atoms with Crippen LogP contribution >= 0.6 is 0 Å². The Morgan fingerprint density at radius 1 is 1.40 bits per heavy atom. The number of primary sulfonamides is 1. The summed E-state index contributed by atoms with van der Waals surface area (Å²) in [6.45, 7) is 6.12. The quantitative estimate of drug-likeness (QED) is 0.497. The highest BCUT2D eigenvalue weighted by atomic mass is 32.2. The van der Waals surface area contributed by atoms with E-state index in [0.717, 1.165) is 5.56 Å². The highest BCUT2D eigenvalue weighted by molar-refractivity contribution is 7.89. The minimum absolute atomic E-state index is 0.0485. The number of hydrogen-bond donors (Lipinski definition) is 3. The third-order valence-corrected chi connectivity index (χ3v) is 3.59. The van der Waals surface area contributed by atoms with Gasteiger partial charge in [-0.1, -0.05) is 18.2 Å². The monoisotopic (exact) mass is 297 g/mol. The molecule has 1 aromatic rings. The van der Waals surface area contributed by atoms with Crippen molar-refractivity contribution in [3.63, 3.8) is 0 Å². The molecular weight excluding hydrogens is 278 g/mol. The first-order valence-electron chi connectivity index (χ1n) is 6.08. The fraction of sp³-hybridized carbons (Fsp3) is 0.308. The van der Waals surface area contributed by atoms with Crippen molar-refractivity contribution in [1.29, 1.82) is 0 Å². The topological polar surface area (TPSA) is 101 Å². The van der Waals surface area contributed by atoms with Crippen LogP contribution in [0.15, 0.2) is 41.8 Å². The molecule has 1 rings (SSSR count). The van der Waals surface area contributed by atoms with E-state index in [-0.39, 0.29) is 23.4 Å². The maximum atomic E-state index is 11.6. The van der Waals surface area contributed by atoms with Crippen molar-refractivity contribution in [2.24, 2.45) is 5.14 Å². The Hall–Kier alpha value is -1.70. The number of carbonyl (C=O) groups excluding carboxylic acids is 1. The van der Waals surface area contributed by atoms with Crippen LogP contribution in [0.25, 0.3) is 0 Å². The van der Waals surface area contributed by atoms with Gasteiger partial charge in [0, 0.05) is 6.54 Å². The van der Waals surface area contributed by atoms with Gasteiger partial charge >= 0.3 is 0 Å². The van der Waals surface area contributed by atoms with Crippen LogP contribution < -0.4 is 15.8 Å². The van der Waals surface area contributed by atoms with Crippen LogP contribution in [-0.4, -0.2) is 27.4 Å². The van der Waals surface area contributed by atoms with Crippen LogP contribution in [0.3, 0.4) is 0 Å². The summed E-state index contributed by atoms with van der Waals surface area (Å²) in [5, 5.41) is 10.7. The van der Waals surface area contributed by atoms with Gasteiger partial charge in [0.1, 0.15) is 0 Å². The van der Waals surface area contributed by atoms with Crippen molar-refractivity contribution in [3.8, 4) is 0 Å².